The highest BCUT2D eigenvalue weighted by molar-refractivity contribution is 9.10. The molecule has 0 spiro atoms. The minimum Gasteiger partial charge on any atom is -0.396 e. The summed E-state index contributed by atoms with van der Waals surface area (Å²) in [6.07, 6.45) is -3.46. The normalized spacial score (nSPS) is 15.7. The van der Waals surface area contributed by atoms with Gasteiger partial charge in [0.05, 0.1) is 20.2 Å². The van der Waals surface area contributed by atoms with Crippen molar-refractivity contribution < 1.29 is 26.9 Å². The van der Waals surface area contributed by atoms with Crippen LogP contribution in [0.2, 0.25) is 0 Å². The summed E-state index contributed by atoms with van der Waals surface area (Å²) >= 11 is 3.08. The van der Waals surface area contributed by atoms with E-state index in [1.165, 1.54) is 12.3 Å². The molecule has 1 aromatic heterocycles. The van der Waals surface area contributed by atoms with Crippen LogP contribution in [0.5, 0.6) is 0 Å². The van der Waals surface area contributed by atoms with E-state index in [1.54, 1.807) is 39.2 Å². The van der Waals surface area contributed by atoms with E-state index in [2.05, 4.69) is 20.7 Å². The summed E-state index contributed by atoms with van der Waals surface area (Å²) in [5, 5.41) is 9.63. The fourth-order valence-corrected chi connectivity index (χ4v) is 3.93. The van der Waals surface area contributed by atoms with Gasteiger partial charge < -0.3 is 9.67 Å². The molecule has 0 fully saturated rings. The Bertz CT molecular complexity index is 920. The number of hydrogen-bond acceptors (Lipinski definition) is 2. The molecular weight excluding hydrogens is 476 g/mol. The second-order valence-electron chi connectivity index (χ2n) is 8.79. The molecule has 1 heterocycles. The molecule has 164 valence electrons. The molecule has 0 aliphatic rings. The largest absolute Gasteiger partial charge is 0.408 e. The molecule has 0 bridgehead atoms. The van der Waals surface area contributed by atoms with Crippen LogP contribution in [0.15, 0.2) is 22.8 Å². The summed E-state index contributed by atoms with van der Waals surface area (Å²) in [6, 6.07) is 0.206. The Hall–Kier alpha value is -0.970. The van der Waals surface area contributed by atoms with E-state index in [-0.39, 0.29) is 28.6 Å². The van der Waals surface area contributed by atoms with Gasteiger partial charge in [-0.1, -0.05) is 13.8 Å². The van der Waals surface area contributed by atoms with Crippen molar-refractivity contribution in [3.8, 4) is 0 Å². The number of nitrogens with zero attached hydrogens (tertiary/aromatic N) is 1. The van der Waals surface area contributed by atoms with E-state index >= 15 is 0 Å². The highest BCUT2D eigenvalue weighted by atomic mass is 79.9. The lowest BCUT2D eigenvalue weighted by Gasteiger charge is -2.26. The highest BCUT2D eigenvalue weighted by Gasteiger charge is 2.44. The number of halogens is 5. The summed E-state index contributed by atoms with van der Waals surface area (Å²) in [6.45, 7) is 8.26. The average Bonchev–Trinajstić information content (AvgIpc) is 2.87. The van der Waals surface area contributed by atoms with Gasteiger partial charge >= 0.3 is 6.18 Å². The molecule has 29 heavy (non-hydrogen) atoms. The van der Waals surface area contributed by atoms with Crippen molar-refractivity contribution in [3.05, 3.63) is 34.2 Å². The van der Waals surface area contributed by atoms with E-state index in [1.807, 2.05) is 0 Å². The van der Waals surface area contributed by atoms with E-state index in [0.29, 0.717) is 5.52 Å². The van der Waals surface area contributed by atoms with Crippen LogP contribution in [0.25, 0.3) is 10.9 Å². The van der Waals surface area contributed by atoms with Gasteiger partial charge in [0.1, 0.15) is 11.9 Å². The third kappa shape index (κ3) is 5.59. The maximum Gasteiger partial charge on any atom is 0.408 e. The Labute approximate surface area is 178 Å². The number of aliphatic hydroxyl groups excluding tert-OH is 1. The van der Waals surface area contributed by atoms with Gasteiger partial charge in [0, 0.05) is 41.2 Å². The second kappa shape index (κ2) is 8.28. The smallest absolute Gasteiger partial charge is 0.396 e. The van der Waals surface area contributed by atoms with Crippen LogP contribution in [0.4, 0.5) is 17.6 Å². The monoisotopic (exact) mass is 500 g/mol. The van der Waals surface area contributed by atoms with Gasteiger partial charge in [-0.05, 0) is 48.8 Å². The molecule has 0 amide bonds. The molecule has 1 unspecified atom stereocenters. The summed E-state index contributed by atoms with van der Waals surface area (Å²) in [5.74, 6) is -0.698. The zero-order valence-corrected chi connectivity index (χ0v) is 19.2. The first-order chi connectivity index (χ1) is 13.1. The number of nitrogens with one attached hydrogen (secondary N) is 1. The van der Waals surface area contributed by atoms with Crippen LogP contribution in [0.3, 0.4) is 0 Å². The number of aromatic nitrogens is 1. The third-order valence-corrected chi connectivity index (χ3v) is 6.57. The molecule has 10 heteroatoms. The fourth-order valence-electron chi connectivity index (χ4n) is 2.77. The molecule has 2 rings (SSSR count). The zero-order valence-electron chi connectivity index (χ0n) is 16.8. The van der Waals surface area contributed by atoms with Gasteiger partial charge in [-0.25, -0.2) is 13.3 Å². The van der Waals surface area contributed by atoms with Crippen molar-refractivity contribution in [1.82, 2.24) is 9.29 Å². The number of hydrogen-bond donors (Lipinski definition) is 2. The van der Waals surface area contributed by atoms with Gasteiger partial charge in [0.25, 0.3) is 0 Å². The van der Waals surface area contributed by atoms with Crippen molar-refractivity contribution in [3.63, 3.8) is 0 Å². The minimum absolute atomic E-state index is 0.0696. The standard InChI is InChI=1S/C19H25BrF4N2O2S/c1-17(2,3)29(28)25-16(19(22,23)24)12-8-26(9-18(4,5)10-27)15-7-13(20)14(21)6-11(12)15/h6-8,16,25,27H,9-10H2,1-5H3/t16-,29?/m0/s1. The Balaban J connectivity index is 2.70. The predicted molar refractivity (Wildman–Crippen MR) is 110 cm³/mol. The molecule has 0 aliphatic carbocycles. The van der Waals surface area contributed by atoms with E-state index in [0.717, 1.165) is 6.07 Å². The van der Waals surface area contributed by atoms with Crippen LogP contribution in [-0.2, 0) is 17.5 Å². The maximum absolute atomic E-state index is 14.2. The van der Waals surface area contributed by atoms with E-state index in [4.69, 9.17) is 0 Å². The maximum atomic E-state index is 14.2. The summed E-state index contributed by atoms with van der Waals surface area (Å²) in [4.78, 5) is 0. The summed E-state index contributed by atoms with van der Waals surface area (Å²) in [7, 11) is -2.00. The highest BCUT2D eigenvalue weighted by Crippen LogP contribution is 2.40. The Morgan fingerprint density at radius 1 is 1.21 bits per heavy atom. The van der Waals surface area contributed by atoms with Crippen molar-refractivity contribution in [1.29, 1.82) is 0 Å². The Morgan fingerprint density at radius 2 is 1.79 bits per heavy atom. The lowest BCUT2D eigenvalue weighted by atomic mass is 9.95. The molecule has 2 atom stereocenters. The minimum atomic E-state index is -4.75. The quantitative estimate of drug-likeness (QED) is 0.534. The number of benzene rings is 1. The Kier molecular flexibility index (Phi) is 6.94. The van der Waals surface area contributed by atoms with Crippen molar-refractivity contribution in [2.24, 2.45) is 5.41 Å². The lowest BCUT2D eigenvalue weighted by molar-refractivity contribution is -0.152. The van der Waals surface area contributed by atoms with Crippen molar-refractivity contribution in [2.45, 2.75) is 58.1 Å². The zero-order chi connectivity index (χ0) is 22.4. The SMILES string of the molecule is CC(C)(CO)Cn1cc([C@H](NS(=O)C(C)(C)C)C(F)(F)F)c2cc(F)c(Br)cc21. The topological polar surface area (TPSA) is 54.3 Å². The predicted octanol–water partition coefficient (Wildman–Crippen LogP) is 5.22. The van der Waals surface area contributed by atoms with E-state index < -0.39 is 39.2 Å². The summed E-state index contributed by atoms with van der Waals surface area (Å²) in [5.41, 5.74) is -0.447. The molecule has 0 aliphatic heterocycles. The summed E-state index contributed by atoms with van der Waals surface area (Å²) < 4.78 is 71.3. The van der Waals surface area contributed by atoms with Crippen LogP contribution >= 0.6 is 15.9 Å². The lowest BCUT2D eigenvalue weighted by Crippen LogP contribution is -2.41. The molecule has 0 radical (unpaired) electrons. The second-order valence-corrected chi connectivity index (χ2v) is 11.6. The molecule has 0 saturated carbocycles. The molecule has 4 nitrogen and oxygen atoms in total. The van der Waals surface area contributed by atoms with Crippen LogP contribution in [0.1, 0.15) is 46.2 Å². The van der Waals surface area contributed by atoms with Gasteiger partial charge in [0.15, 0.2) is 0 Å². The van der Waals surface area contributed by atoms with Crippen molar-refractivity contribution >= 4 is 37.8 Å². The molecule has 0 saturated heterocycles. The fraction of sp³-hybridized carbons (Fsp3) is 0.579. The first-order valence-electron chi connectivity index (χ1n) is 8.90. The van der Waals surface area contributed by atoms with Gasteiger partial charge in [0.2, 0.25) is 0 Å². The van der Waals surface area contributed by atoms with Gasteiger partial charge in [-0.3, -0.25) is 0 Å². The van der Waals surface area contributed by atoms with Crippen LogP contribution in [-0.4, -0.2) is 31.4 Å². The Morgan fingerprint density at radius 3 is 2.28 bits per heavy atom. The number of aliphatic hydroxyl groups is 1. The molecule has 2 aromatic rings. The number of alkyl halides is 3. The molecule has 2 N–H and O–H groups in total. The molecule has 1 aromatic carbocycles. The third-order valence-electron chi connectivity index (χ3n) is 4.40. The van der Waals surface area contributed by atoms with Crippen LogP contribution < -0.4 is 4.72 Å². The van der Waals surface area contributed by atoms with Crippen LogP contribution in [0, 0.1) is 11.2 Å². The van der Waals surface area contributed by atoms with E-state index in [9.17, 15) is 26.9 Å². The average molecular weight is 501 g/mol. The van der Waals surface area contributed by atoms with Gasteiger partial charge in [-0.15, -0.1) is 0 Å². The molecular formula is C19H25BrF4N2O2S. The first kappa shape index (κ1) is 24.3. The number of fused-ring (bicyclic) bond motifs is 1. The van der Waals surface area contributed by atoms with Crippen molar-refractivity contribution in [2.75, 3.05) is 6.61 Å². The van der Waals surface area contributed by atoms with Gasteiger partial charge in [-0.2, -0.15) is 13.2 Å². The number of rotatable bonds is 6. The first-order valence-corrected chi connectivity index (χ1v) is 10.8.